The van der Waals surface area contributed by atoms with Crippen molar-refractivity contribution >= 4 is 57.1 Å². The van der Waals surface area contributed by atoms with Gasteiger partial charge in [0, 0.05) is 10.0 Å². The zero-order valence-corrected chi connectivity index (χ0v) is 21.6. The summed E-state index contributed by atoms with van der Waals surface area (Å²) in [5, 5.41) is 2.41. The van der Waals surface area contributed by atoms with Crippen LogP contribution < -0.4 is 24.4 Å². The third-order valence-electron chi connectivity index (χ3n) is 5.32. The molecule has 1 aliphatic heterocycles. The lowest BCUT2D eigenvalue weighted by Crippen LogP contribution is -2.54. The Hall–Kier alpha value is -3.82. The van der Waals surface area contributed by atoms with Crippen molar-refractivity contribution in [2.75, 3.05) is 19.1 Å². The van der Waals surface area contributed by atoms with Crippen LogP contribution in [0.1, 0.15) is 11.1 Å². The molecule has 1 saturated heterocycles. The number of halogens is 2. The molecule has 0 bridgehead atoms. The Balaban J connectivity index is 1.64. The number of nitrogens with one attached hydrogen (secondary N) is 1. The van der Waals surface area contributed by atoms with E-state index in [9.17, 15) is 14.4 Å². The zero-order chi connectivity index (χ0) is 25.8. The summed E-state index contributed by atoms with van der Waals surface area (Å²) >= 11 is 9.96. The number of methoxy groups -OCH3 is 2. The molecule has 0 atom stereocenters. The highest BCUT2D eigenvalue weighted by molar-refractivity contribution is 9.10. The summed E-state index contributed by atoms with van der Waals surface area (Å²) in [6.45, 7) is 0.234. The molecule has 0 spiro atoms. The summed E-state index contributed by atoms with van der Waals surface area (Å²) < 4.78 is 17.3. The van der Waals surface area contributed by atoms with Gasteiger partial charge in [0.15, 0.2) is 11.5 Å². The minimum Gasteiger partial charge on any atom is -0.497 e. The van der Waals surface area contributed by atoms with Crippen LogP contribution in [0.3, 0.4) is 0 Å². The number of nitrogens with zero attached hydrogens (tertiary/aromatic N) is 1. The van der Waals surface area contributed by atoms with Gasteiger partial charge in [0.2, 0.25) is 0 Å². The number of carbonyl (C=O) groups excluding carboxylic acids is 3. The van der Waals surface area contributed by atoms with Gasteiger partial charge in [-0.25, -0.2) is 9.69 Å². The highest BCUT2D eigenvalue weighted by atomic mass is 79.9. The van der Waals surface area contributed by atoms with Crippen molar-refractivity contribution < 1.29 is 28.6 Å². The molecule has 8 nitrogen and oxygen atoms in total. The van der Waals surface area contributed by atoms with Crippen molar-refractivity contribution in [3.63, 3.8) is 0 Å². The molecule has 10 heteroatoms. The molecule has 3 aromatic carbocycles. The normalized spacial score (nSPS) is 14.6. The zero-order valence-electron chi connectivity index (χ0n) is 19.2. The smallest absolute Gasteiger partial charge is 0.335 e. The van der Waals surface area contributed by atoms with E-state index in [2.05, 4.69) is 21.2 Å². The van der Waals surface area contributed by atoms with Crippen LogP contribution in [-0.4, -0.2) is 32.1 Å². The van der Waals surface area contributed by atoms with E-state index in [1.807, 2.05) is 24.3 Å². The minimum atomic E-state index is -0.848. The molecule has 36 heavy (non-hydrogen) atoms. The van der Waals surface area contributed by atoms with Crippen molar-refractivity contribution in [3.8, 4) is 17.2 Å². The molecular weight excluding hydrogens is 552 g/mol. The van der Waals surface area contributed by atoms with Gasteiger partial charge in [-0.15, -0.1) is 0 Å². The standard InChI is InChI=1S/C26H20BrClN2O6/c1-34-18-9-7-17(8-10-18)30-25(32)19(24(31)29-26(30)33)11-15-12-21(28)23(22(13-15)35-2)36-14-16-5-3-4-6-20(16)27/h3-13H,14H2,1-2H3,(H,29,31,33)/b19-11+. The average molecular weight is 572 g/mol. The van der Waals surface area contributed by atoms with Gasteiger partial charge in [-0.05, 0) is 54.1 Å². The Morgan fingerprint density at radius 2 is 1.72 bits per heavy atom. The molecule has 3 aromatic rings. The largest absolute Gasteiger partial charge is 0.497 e. The molecule has 184 valence electrons. The lowest BCUT2D eigenvalue weighted by atomic mass is 10.1. The number of imide groups is 2. The molecular formula is C26H20BrClN2O6. The van der Waals surface area contributed by atoms with E-state index in [4.69, 9.17) is 25.8 Å². The molecule has 0 aliphatic carbocycles. The lowest BCUT2D eigenvalue weighted by molar-refractivity contribution is -0.122. The van der Waals surface area contributed by atoms with Crippen molar-refractivity contribution in [1.82, 2.24) is 5.32 Å². The van der Waals surface area contributed by atoms with Gasteiger partial charge in [0.25, 0.3) is 11.8 Å². The number of amides is 4. The van der Waals surface area contributed by atoms with Gasteiger partial charge in [-0.1, -0.05) is 45.7 Å². The second-order valence-electron chi connectivity index (χ2n) is 7.57. The Kier molecular flexibility index (Phi) is 7.61. The summed E-state index contributed by atoms with van der Waals surface area (Å²) in [5.74, 6) is -0.420. The maximum atomic E-state index is 13.2. The molecule has 4 rings (SSSR count). The number of hydrogen-bond donors (Lipinski definition) is 1. The van der Waals surface area contributed by atoms with Gasteiger partial charge < -0.3 is 14.2 Å². The summed E-state index contributed by atoms with van der Waals surface area (Å²) in [7, 11) is 2.96. The van der Waals surface area contributed by atoms with Gasteiger partial charge in [0.05, 0.1) is 24.9 Å². The van der Waals surface area contributed by atoms with E-state index >= 15 is 0 Å². The van der Waals surface area contributed by atoms with Crippen LogP contribution in [0.2, 0.25) is 5.02 Å². The first-order valence-corrected chi connectivity index (χ1v) is 11.8. The molecule has 0 aromatic heterocycles. The Labute approximate surface area is 220 Å². The second-order valence-corrected chi connectivity index (χ2v) is 8.83. The highest BCUT2D eigenvalue weighted by Crippen LogP contribution is 2.38. The molecule has 1 aliphatic rings. The van der Waals surface area contributed by atoms with Crippen molar-refractivity contribution in [1.29, 1.82) is 0 Å². The Bertz CT molecular complexity index is 1370. The minimum absolute atomic E-state index is 0.222. The molecule has 1 fully saturated rings. The van der Waals surface area contributed by atoms with Crippen molar-refractivity contribution in [3.05, 3.63) is 86.9 Å². The molecule has 0 unspecified atom stereocenters. The summed E-state index contributed by atoms with van der Waals surface area (Å²) in [4.78, 5) is 39.0. The van der Waals surface area contributed by atoms with Crippen molar-refractivity contribution in [2.24, 2.45) is 0 Å². The van der Waals surface area contributed by atoms with Gasteiger partial charge >= 0.3 is 6.03 Å². The van der Waals surface area contributed by atoms with Crippen LogP contribution in [0, 0.1) is 0 Å². The average Bonchev–Trinajstić information content (AvgIpc) is 2.86. The number of carbonyl (C=O) groups is 3. The maximum Gasteiger partial charge on any atom is 0.335 e. The van der Waals surface area contributed by atoms with Crippen LogP contribution in [0.15, 0.2) is 70.7 Å². The second kappa shape index (κ2) is 10.8. The molecule has 0 saturated carbocycles. The Morgan fingerprint density at radius 1 is 1.00 bits per heavy atom. The highest BCUT2D eigenvalue weighted by Gasteiger charge is 2.37. The molecule has 0 radical (unpaired) electrons. The predicted molar refractivity (Wildman–Crippen MR) is 138 cm³/mol. The van der Waals surface area contributed by atoms with Gasteiger partial charge in [-0.2, -0.15) is 0 Å². The topological polar surface area (TPSA) is 94.2 Å². The predicted octanol–water partition coefficient (Wildman–Crippen LogP) is 5.37. The first kappa shape index (κ1) is 25.3. The summed E-state index contributed by atoms with van der Waals surface area (Å²) in [5.41, 5.74) is 1.36. The first-order valence-electron chi connectivity index (χ1n) is 10.6. The molecule has 1 heterocycles. The summed E-state index contributed by atoms with van der Waals surface area (Å²) in [6, 6.07) is 16.2. The number of urea groups is 1. The van der Waals surface area contributed by atoms with E-state index in [0.717, 1.165) is 14.9 Å². The van der Waals surface area contributed by atoms with E-state index in [0.29, 0.717) is 22.8 Å². The Morgan fingerprint density at radius 3 is 2.39 bits per heavy atom. The number of benzene rings is 3. The molecule has 4 amide bonds. The van der Waals surface area contributed by atoms with Crippen LogP contribution in [0.4, 0.5) is 10.5 Å². The van der Waals surface area contributed by atoms with Crippen LogP contribution >= 0.6 is 27.5 Å². The van der Waals surface area contributed by atoms with Crippen LogP contribution in [0.5, 0.6) is 17.2 Å². The fourth-order valence-corrected chi connectivity index (χ4v) is 4.19. The number of anilines is 1. The number of ether oxygens (including phenoxy) is 3. The van der Waals surface area contributed by atoms with Gasteiger partial charge in [-0.3, -0.25) is 14.9 Å². The molecule has 1 N–H and O–H groups in total. The number of hydrogen-bond acceptors (Lipinski definition) is 6. The SMILES string of the molecule is COc1ccc(N2C(=O)NC(=O)/C(=C\c3cc(Cl)c(OCc4ccccc4Br)c(OC)c3)C2=O)cc1. The van der Waals surface area contributed by atoms with Crippen molar-refractivity contribution in [2.45, 2.75) is 6.61 Å². The van der Waals surface area contributed by atoms with Crippen LogP contribution in [0.25, 0.3) is 6.08 Å². The summed E-state index contributed by atoms with van der Waals surface area (Å²) in [6.07, 6.45) is 1.34. The van der Waals surface area contributed by atoms with E-state index in [1.54, 1.807) is 36.4 Å². The fraction of sp³-hybridized carbons (Fsp3) is 0.115. The quantitative estimate of drug-likeness (QED) is 0.303. The van der Waals surface area contributed by atoms with Crippen LogP contribution in [-0.2, 0) is 16.2 Å². The fourth-order valence-electron chi connectivity index (χ4n) is 3.52. The maximum absolute atomic E-state index is 13.2. The lowest BCUT2D eigenvalue weighted by Gasteiger charge is -2.26. The van der Waals surface area contributed by atoms with E-state index in [-0.39, 0.29) is 22.9 Å². The number of barbiturate groups is 1. The third kappa shape index (κ3) is 5.22. The number of rotatable bonds is 7. The van der Waals surface area contributed by atoms with Gasteiger partial charge in [0.1, 0.15) is 17.9 Å². The third-order valence-corrected chi connectivity index (χ3v) is 6.38. The monoisotopic (exact) mass is 570 g/mol. The first-order chi connectivity index (χ1) is 17.3. The van der Waals surface area contributed by atoms with E-state index in [1.165, 1.54) is 20.3 Å². The van der Waals surface area contributed by atoms with E-state index < -0.39 is 17.8 Å².